The molecule has 0 saturated carbocycles. The average Bonchev–Trinajstić information content (AvgIpc) is 2.71. The minimum absolute atomic E-state index is 0.491. The zero-order valence-corrected chi connectivity index (χ0v) is 16.9. The van der Waals surface area contributed by atoms with Crippen LogP contribution in [0.1, 0.15) is 24.0 Å². The minimum Gasteiger partial charge on any atom is -0.497 e. The zero-order valence-electron chi connectivity index (χ0n) is 16.0. The second-order valence-electron chi connectivity index (χ2n) is 7.18. The zero-order chi connectivity index (χ0) is 18.9. The molecule has 0 radical (unpaired) electrons. The Hall–Kier alpha value is -2.11. The molecule has 0 amide bonds. The minimum atomic E-state index is 0.491. The Balaban J connectivity index is 1.32. The molecule has 1 aliphatic rings. The van der Waals surface area contributed by atoms with E-state index in [9.17, 15) is 0 Å². The van der Waals surface area contributed by atoms with E-state index >= 15 is 0 Å². The van der Waals surface area contributed by atoms with Gasteiger partial charge in [0.25, 0.3) is 0 Å². The van der Waals surface area contributed by atoms with Gasteiger partial charge in [0.15, 0.2) is 5.11 Å². The van der Waals surface area contributed by atoms with Gasteiger partial charge < -0.3 is 20.3 Å². The number of ether oxygens (including phenoxy) is 1. The van der Waals surface area contributed by atoms with Crippen molar-refractivity contribution in [1.82, 2.24) is 10.6 Å². The maximum Gasteiger partial charge on any atom is 0.166 e. The smallest absolute Gasteiger partial charge is 0.166 e. The second-order valence-corrected chi connectivity index (χ2v) is 7.59. The molecule has 1 aliphatic heterocycles. The monoisotopic (exact) mass is 384 g/mol. The van der Waals surface area contributed by atoms with Crippen molar-refractivity contribution in [3.63, 3.8) is 0 Å². The predicted octanol–water partition coefficient (Wildman–Crippen LogP) is 1.95. The molecule has 1 fully saturated rings. The highest BCUT2D eigenvalue weighted by Gasteiger charge is 2.22. The lowest BCUT2D eigenvalue weighted by molar-refractivity contribution is -0.918. The number of benzene rings is 2. The standard InChI is InChI=1S/C22H29N3OS/c1-26-21-9-7-18(8-10-21)11-14-23-22(27)24-20-12-15-25(16-13-20)17-19-5-3-2-4-6-19/h2-10,20H,11-17H2,1H3,(H2,23,24,27)/p+1. The number of piperidine rings is 1. The van der Waals surface area contributed by atoms with Crippen LogP contribution in [0.4, 0.5) is 0 Å². The van der Waals surface area contributed by atoms with E-state index in [0.29, 0.717) is 6.04 Å². The van der Waals surface area contributed by atoms with Gasteiger partial charge in [0.1, 0.15) is 12.3 Å². The molecule has 3 rings (SSSR count). The maximum absolute atomic E-state index is 5.48. The van der Waals surface area contributed by atoms with Crippen LogP contribution < -0.4 is 20.3 Å². The molecule has 144 valence electrons. The van der Waals surface area contributed by atoms with Gasteiger partial charge in [0, 0.05) is 31.0 Å². The fourth-order valence-electron chi connectivity index (χ4n) is 3.58. The van der Waals surface area contributed by atoms with Crippen molar-refractivity contribution in [3.8, 4) is 5.75 Å². The van der Waals surface area contributed by atoms with E-state index in [-0.39, 0.29) is 0 Å². The van der Waals surface area contributed by atoms with Gasteiger partial charge >= 0.3 is 0 Å². The number of hydrogen-bond donors (Lipinski definition) is 3. The summed E-state index contributed by atoms with van der Waals surface area (Å²) in [5.41, 5.74) is 2.71. The van der Waals surface area contributed by atoms with E-state index in [1.165, 1.54) is 37.1 Å². The van der Waals surface area contributed by atoms with Gasteiger partial charge in [-0.25, -0.2) is 0 Å². The number of nitrogens with one attached hydrogen (secondary N) is 3. The Morgan fingerprint density at radius 1 is 1.04 bits per heavy atom. The van der Waals surface area contributed by atoms with Gasteiger partial charge in [-0.05, 0) is 36.3 Å². The fourth-order valence-corrected chi connectivity index (χ4v) is 3.85. The number of likely N-dealkylation sites (tertiary alicyclic amines) is 1. The molecule has 0 atom stereocenters. The predicted molar refractivity (Wildman–Crippen MR) is 114 cm³/mol. The normalized spacial score (nSPS) is 19.3. The lowest BCUT2D eigenvalue weighted by Crippen LogP contribution is -3.12. The second kappa shape index (κ2) is 10.3. The first kappa shape index (κ1) is 19.6. The van der Waals surface area contributed by atoms with Crippen molar-refractivity contribution in [2.45, 2.75) is 31.8 Å². The fraction of sp³-hybridized carbons (Fsp3) is 0.409. The van der Waals surface area contributed by atoms with E-state index in [4.69, 9.17) is 17.0 Å². The van der Waals surface area contributed by atoms with Crippen LogP contribution in [-0.4, -0.2) is 37.9 Å². The Labute approximate surface area is 167 Å². The molecule has 0 aliphatic carbocycles. The largest absolute Gasteiger partial charge is 0.497 e. The summed E-state index contributed by atoms with van der Waals surface area (Å²) in [5, 5.41) is 7.61. The highest BCUT2D eigenvalue weighted by Crippen LogP contribution is 2.11. The van der Waals surface area contributed by atoms with Crippen LogP contribution in [0.3, 0.4) is 0 Å². The summed E-state index contributed by atoms with van der Waals surface area (Å²) >= 11 is 5.48. The molecule has 0 spiro atoms. The quantitative estimate of drug-likeness (QED) is 0.638. The average molecular weight is 385 g/mol. The van der Waals surface area contributed by atoms with Crippen molar-refractivity contribution >= 4 is 17.3 Å². The van der Waals surface area contributed by atoms with Crippen molar-refractivity contribution < 1.29 is 9.64 Å². The van der Waals surface area contributed by atoms with Crippen LogP contribution in [0.25, 0.3) is 0 Å². The molecule has 2 aromatic rings. The van der Waals surface area contributed by atoms with Crippen LogP contribution in [-0.2, 0) is 13.0 Å². The van der Waals surface area contributed by atoms with Crippen molar-refractivity contribution in [1.29, 1.82) is 0 Å². The number of hydrogen-bond acceptors (Lipinski definition) is 2. The Morgan fingerprint density at radius 2 is 1.74 bits per heavy atom. The van der Waals surface area contributed by atoms with Crippen LogP contribution in [0.2, 0.25) is 0 Å². The topological polar surface area (TPSA) is 37.7 Å². The number of rotatable bonds is 7. The highest BCUT2D eigenvalue weighted by atomic mass is 32.1. The Morgan fingerprint density at radius 3 is 2.41 bits per heavy atom. The molecule has 4 nitrogen and oxygen atoms in total. The van der Waals surface area contributed by atoms with Gasteiger partial charge in [0.2, 0.25) is 0 Å². The molecule has 0 unspecified atom stereocenters. The first-order valence-electron chi connectivity index (χ1n) is 9.78. The van der Waals surface area contributed by atoms with Crippen LogP contribution in [0, 0.1) is 0 Å². The van der Waals surface area contributed by atoms with Crippen molar-refractivity contribution in [2.75, 3.05) is 26.7 Å². The molecule has 1 saturated heterocycles. The van der Waals surface area contributed by atoms with E-state index in [1.54, 1.807) is 12.0 Å². The third-order valence-electron chi connectivity index (χ3n) is 5.18. The first-order chi connectivity index (χ1) is 13.2. The molecule has 0 aromatic heterocycles. The highest BCUT2D eigenvalue weighted by molar-refractivity contribution is 7.80. The van der Waals surface area contributed by atoms with Crippen molar-refractivity contribution in [3.05, 3.63) is 65.7 Å². The lowest BCUT2D eigenvalue weighted by atomic mass is 10.0. The number of quaternary nitrogens is 1. The van der Waals surface area contributed by atoms with E-state index < -0.39 is 0 Å². The lowest BCUT2D eigenvalue weighted by Gasteiger charge is -2.30. The summed E-state index contributed by atoms with van der Waals surface area (Å²) in [6.07, 6.45) is 3.29. The van der Waals surface area contributed by atoms with Gasteiger partial charge in [-0.1, -0.05) is 42.5 Å². The molecule has 0 bridgehead atoms. The molecular weight excluding hydrogens is 354 g/mol. The summed E-state index contributed by atoms with van der Waals surface area (Å²) in [6, 6.07) is 19.5. The summed E-state index contributed by atoms with van der Waals surface area (Å²) < 4.78 is 5.19. The van der Waals surface area contributed by atoms with Gasteiger partial charge in [-0.3, -0.25) is 0 Å². The summed E-state index contributed by atoms with van der Waals surface area (Å²) in [5.74, 6) is 0.893. The summed E-state index contributed by atoms with van der Waals surface area (Å²) in [7, 11) is 1.69. The molecule has 2 aromatic carbocycles. The third kappa shape index (κ3) is 6.52. The Bertz CT molecular complexity index is 697. The van der Waals surface area contributed by atoms with Gasteiger partial charge in [-0.15, -0.1) is 0 Å². The number of thiocarbonyl (C=S) groups is 1. The molecule has 27 heavy (non-hydrogen) atoms. The van der Waals surface area contributed by atoms with Gasteiger partial charge in [0.05, 0.1) is 20.2 Å². The third-order valence-corrected chi connectivity index (χ3v) is 5.45. The molecular formula is C22H30N3OS+. The summed E-state index contributed by atoms with van der Waals surface area (Å²) in [6.45, 7) is 4.36. The van der Waals surface area contributed by atoms with E-state index in [2.05, 4.69) is 53.1 Å². The van der Waals surface area contributed by atoms with Gasteiger partial charge in [-0.2, -0.15) is 0 Å². The first-order valence-corrected chi connectivity index (χ1v) is 10.2. The Kier molecular flexibility index (Phi) is 7.48. The number of methoxy groups -OCH3 is 1. The van der Waals surface area contributed by atoms with E-state index in [1.807, 2.05) is 12.1 Å². The van der Waals surface area contributed by atoms with Crippen LogP contribution in [0.5, 0.6) is 5.75 Å². The van der Waals surface area contributed by atoms with E-state index in [0.717, 1.165) is 30.4 Å². The van der Waals surface area contributed by atoms with Crippen LogP contribution in [0.15, 0.2) is 54.6 Å². The summed E-state index contributed by atoms with van der Waals surface area (Å²) in [4.78, 5) is 1.66. The SMILES string of the molecule is COc1ccc(CCNC(=S)NC2CC[NH+](Cc3ccccc3)CC2)cc1. The molecule has 5 heteroatoms. The van der Waals surface area contributed by atoms with Crippen LogP contribution >= 0.6 is 12.2 Å². The molecule has 3 N–H and O–H groups in total. The molecule has 1 heterocycles. The maximum atomic E-state index is 5.48. The van der Waals surface area contributed by atoms with Crippen molar-refractivity contribution in [2.24, 2.45) is 0 Å².